The number of carbonyl (C=O) groups excluding carboxylic acids is 1. The molecule has 4 nitrogen and oxygen atoms in total. The minimum absolute atomic E-state index is 0.155. The number of hydrogen-bond acceptors (Lipinski definition) is 3. The van der Waals surface area contributed by atoms with Gasteiger partial charge in [-0.3, -0.25) is 4.79 Å². The number of rotatable bonds is 5. The first-order valence-corrected chi connectivity index (χ1v) is 9.80. The molecule has 0 radical (unpaired) electrons. The zero-order valence-corrected chi connectivity index (χ0v) is 15.9. The molecule has 0 saturated carbocycles. The summed E-state index contributed by atoms with van der Waals surface area (Å²) in [5.74, 6) is 1.39. The molecule has 0 bridgehead atoms. The number of benzene rings is 1. The molecule has 25 heavy (non-hydrogen) atoms. The Balaban J connectivity index is 1.64. The van der Waals surface area contributed by atoms with Gasteiger partial charge in [0, 0.05) is 19.6 Å². The molecule has 1 aromatic carbocycles. The van der Waals surface area contributed by atoms with Gasteiger partial charge in [-0.15, -0.1) is 0 Å². The quantitative estimate of drug-likeness (QED) is 0.888. The first-order chi connectivity index (χ1) is 12.0. The molecule has 1 spiro atoms. The normalized spacial score (nSPS) is 20.9. The van der Waals surface area contributed by atoms with Crippen molar-refractivity contribution in [2.24, 2.45) is 5.41 Å². The number of likely N-dealkylation sites (tertiary alicyclic amines) is 1. The van der Waals surface area contributed by atoms with Crippen LogP contribution in [0.5, 0.6) is 5.75 Å². The summed E-state index contributed by atoms with van der Waals surface area (Å²) in [5, 5.41) is 3.48. The molecule has 0 aliphatic carbocycles. The van der Waals surface area contributed by atoms with Crippen molar-refractivity contribution < 1.29 is 9.53 Å². The van der Waals surface area contributed by atoms with Gasteiger partial charge < -0.3 is 15.0 Å². The molecule has 2 saturated heterocycles. The summed E-state index contributed by atoms with van der Waals surface area (Å²) >= 11 is 0. The average molecular weight is 344 g/mol. The first-order valence-electron chi connectivity index (χ1n) is 9.80. The summed E-state index contributed by atoms with van der Waals surface area (Å²) in [7, 11) is 0. The van der Waals surface area contributed by atoms with Crippen LogP contribution in [-0.2, 0) is 4.79 Å². The Morgan fingerprint density at radius 2 is 1.96 bits per heavy atom. The van der Waals surface area contributed by atoms with Gasteiger partial charge in [0.25, 0.3) is 5.91 Å². The smallest absolute Gasteiger partial charge is 0.263 e. The number of carbonyl (C=O) groups is 1. The molecule has 1 amide bonds. The van der Waals surface area contributed by atoms with E-state index in [1.165, 1.54) is 12.0 Å². The maximum absolute atomic E-state index is 13.0. The Labute approximate surface area is 151 Å². The van der Waals surface area contributed by atoms with Gasteiger partial charge in [-0.1, -0.05) is 39.0 Å². The third-order valence-corrected chi connectivity index (χ3v) is 5.92. The summed E-state index contributed by atoms with van der Waals surface area (Å²) in [4.78, 5) is 15.0. The Morgan fingerprint density at radius 3 is 2.56 bits per heavy atom. The van der Waals surface area contributed by atoms with Crippen molar-refractivity contribution in [3.63, 3.8) is 0 Å². The van der Waals surface area contributed by atoms with Crippen molar-refractivity contribution in [3.8, 4) is 5.75 Å². The van der Waals surface area contributed by atoms with E-state index in [0.717, 1.165) is 44.8 Å². The second-order valence-electron chi connectivity index (χ2n) is 7.96. The number of para-hydroxylation sites is 1. The van der Waals surface area contributed by atoms with Crippen molar-refractivity contribution in [1.82, 2.24) is 10.2 Å². The topological polar surface area (TPSA) is 41.6 Å². The van der Waals surface area contributed by atoms with Gasteiger partial charge in [0.1, 0.15) is 5.75 Å². The maximum Gasteiger partial charge on any atom is 0.263 e. The van der Waals surface area contributed by atoms with Gasteiger partial charge in [0.2, 0.25) is 0 Å². The number of piperidine rings is 1. The van der Waals surface area contributed by atoms with E-state index >= 15 is 0 Å². The molecule has 2 fully saturated rings. The highest BCUT2D eigenvalue weighted by Gasteiger charge is 2.39. The van der Waals surface area contributed by atoms with Crippen molar-refractivity contribution in [3.05, 3.63) is 29.8 Å². The minimum Gasteiger partial charge on any atom is -0.480 e. The van der Waals surface area contributed by atoms with Crippen LogP contribution in [0.4, 0.5) is 0 Å². The van der Waals surface area contributed by atoms with E-state index < -0.39 is 0 Å². The summed E-state index contributed by atoms with van der Waals surface area (Å²) in [6.07, 6.45) is 3.81. The Kier molecular flexibility index (Phi) is 5.67. The van der Waals surface area contributed by atoms with E-state index in [1.807, 2.05) is 30.0 Å². The third kappa shape index (κ3) is 4.00. The largest absolute Gasteiger partial charge is 0.480 e. The summed E-state index contributed by atoms with van der Waals surface area (Å²) in [6.45, 7) is 10.3. The van der Waals surface area contributed by atoms with Crippen LogP contribution in [0.15, 0.2) is 24.3 Å². The van der Waals surface area contributed by atoms with Crippen LogP contribution in [-0.4, -0.2) is 43.1 Å². The molecule has 1 aromatic rings. The van der Waals surface area contributed by atoms with E-state index in [1.54, 1.807) is 0 Å². The van der Waals surface area contributed by atoms with Crippen molar-refractivity contribution in [1.29, 1.82) is 0 Å². The zero-order chi connectivity index (χ0) is 17.9. The Bertz CT molecular complexity index is 583. The number of hydrogen-bond donors (Lipinski definition) is 1. The molecule has 2 aliphatic rings. The van der Waals surface area contributed by atoms with Crippen LogP contribution in [0.2, 0.25) is 0 Å². The van der Waals surface area contributed by atoms with Crippen molar-refractivity contribution in [2.75, 3.05) is 26.2 Å². The highest BCUT2D eigenvalue weighted by atomic mass is 16.5. The molecule has 0 aromatic heterocycles. The standard InChI is InChI=1S/C21H32N2O2/c1-4-18(25-19-8-6-5-7-17(19)16(2)3)20(24)23-13-10-21(11-14-23)9-12-22-15-21/h5-8,16,18,22H,4,9-15H2,1-3H3. The van der Waals surface area contributed by atoms with Gasteiger partial charge in [-0.25, -0.2) is 0 Å². The Hall–Kier alpha value is -1.55. The lowest BCUT2D eigenvalue weighted by Gasteiger charge is -2.40. The van der Waals surface area contributed by atoms with Crippen LogP contribution in [0.3, 0.4) is 0 Å². The lowest BCUT2D eigenvalue weighted by Crippen LogP contribution is -2.48. The first kappa shape index (κ1) is 18.2. The van der Waals surface area contributed by atoms with Crippen LogP contribution in [0.25, 0.3) is 0 Å². The Morgan fingerprint density at radius 1 is 1.24 bits per heavy atom. The van der Waals surface area contributed by atoms with E-state index in [4.69, 9.17) is 4.74 Å². The summed E-state index contributed by atoms with van der Waals surface area (Å²) in [5.41, 5.74) is 1.60. The fourth-order valence-electron chi connectivity index (χ4n) is 4.15. The molecule has 2 heterocycles. The van der Waals surface area contributed by atoms with Crippen molar-refractivity contribution in [2.45, 2.75) is 58.5 Å². The SMILES string of the molecule is CCC(Oc1ccccc1C(C)C)C(=O)N1CCC2(CCNC2)CC1. The summed E-state index contributed by atoms with van der Waals surface area (Å²) < 4.78 is 6.18. The predicted octanol–water partition coefficient (Wildman–Crippen LogP) is 3.57. The molecule has 1 N–H and O–H groups in total. The maximum atomic E-state index is 13.0. The fourth-order valence-corrected chi connectivity index (χ4v) is 4.15. The molecule has 1 atom stereocenters. The second-order valence-corrected chi connectivity index (χ2v) is 7.96. The number of amides is 1. The predicted molar refractivity (Wildman–Crippen MR) is 101 cm³/mol. The van der Waals surface area contributed by atoms with Crippen LogP contribution >= 0.6 is 0 Å². The highest BCUT2D eigenvalue weighted by Crippen LogP contribution is 2.37. The lowest BCUT2D eigenvalue weighted by molar-refractivity contribution is -0.141. The van der Waals surface area contributed by atoms with E-state index in [9.17, 15) is 4.79 Å². The second kappa shape index (κ2) is 7.77. The van der Waals surface area contributed by atoms with E-state index in [0.29, 0.717) is 17.8 Å². The van der Waals surface area contributed by atoms with Gasteiger partial charge in [-0.05, 0) is 55.2 Å². The lowest BCUT2D eigenvalue weighted by atomic mass is 9.78. The molecule has 3 rings (SSSR count). The number of nitrogens with one attached hydrogen (secondary N) is 1. The van der Waals surface area contributed by atoms with E-state index in [2.05, 4.69) is 25.2 Å². The average Bonchev–Trinajstić information content (AvgIpc) is 3.08. The number of nitrogens with zero attached hydrogens (tertiary/aromatic N) is 1. The molecule has 1 unspecified atom stereocenters. The fraction of sp³-hybridized carbons (Fsp3) is 0.667. The summed E-state index contributed by atoms with van der Waals surface area (Å²) in [6, 6.07) is 8.09. The third-order valence-electron chi connectivity index (χ3n) is 5.92. The van der Waals surface area contributed by atoms with Crippen LogP contribution < -0.4 is 10.1 Å². The zero-order valence-electron chi connectivity index (χ0n) is 15.9. The molecule has 2 aliphatic heterocycles. The van der Waals surface area contributed by atoms with Gasteiger partial charge >= 0.3 is 0 Å². The van der Waals surface area contributed by atoms with Gasteiger partial charge in [0.05, 0.1) is 0 Å². The number of ether oxygens (including phenoxy) is 1. The highest BCUT2D eigenvalue weighted by molar-refractivity contribution is 5.81. The minimum atomic E-state index is -0.379. The monoisotopic (exact) mass is 344 g/mol. The molecule has 4 heteroatoms. The van der Waals surface area contributed by atoms with E-state index in [-0.39, 0.29) is 12.0 Å². The molecular formula is C21H32N2O2. The molecular weight excluding hydrogens is 312 g/mol. The van der Waals surface area contributed by atoms with Crippen molar-refractivity contribution >= 4 is 5.91 Å². The van der Waals surface area contributed by atoms with Crippen LogP contribution in [0.1, 0.15) is 57.9 Å². The van der Waals surface area contributed by atoms with Gasteiger partial charge in [-0.2, -0.15) is 0 Å². The molecule has 138 valence electrons. The van der Waals surface area contributed by atoms with Crippen LogP contribution in [0, 0.1) is 5.41 Å². The van der Waals surface area contributed by atoms with Gasteiger partial charge in [0.15, 0.2) is 6.10 Å².